The van der Waals surface area contributed by atoms with E-state index in [9.17, 15) is 9.59 Å². The van der Waals surface area contributed by atoms with E-state index >= 15 is 4.39 Å². The Morgan fingerprint density at radius 1 is 1.24 bits per heavy atom. The second kappa shape index (κ2) is 10.7. The molecule has 9 heteroatoms. The van der Waals surface area contributed by atoms with Gasteiger partial charge in [-0.2, -0.15) is 4.68 Å². The van der Waals surface area contributed by atoms with E-state index in [1.54, 1.807) is 4.57 Å². The molecule has 8 nitrogen and oxygen atoms in total. The maximum Gasteiger partial charge on any atom is 0.350 e. The lowest BCUT2D eigenvalue weighted by atomic mass is 9.86. The Balaban J connectivity index is 1.68. The molecule has 2 aliphatic rings. The van der Waals surface area contributed by atoms with E-state index in [1.807, 2.05) is 25.9 Å². The van der Waals surface area contributed by atoms with Crippen molar-refractivity contribution >= 4 is 5.91 Å². The van der Waals surface area contributed by atoms with Crippen LogP contribution in [0.25, 0.3) is 5.69 Å². The van der Waals surface area contributed by atoms with Crippen molar-refractivity contribution in [3.05, 3.63) is 39.8 Å². The third-order valence-corrected chi connectivity index (χ3v) is 6.96. The normalized spacial score (nSPS) is 17.4. The van der Waals surface area contributed by atoms with Crippen LogP contribution in [0, 0.1) is 11.7 Å². The van der Waals surface area contributed by atoms with Crippen molar-refractivity contribution in [2.75, 3.05) is 27.2 Å². The second-order valence-corrected chi connectivity index (χ2v) is 9.80. The van der Waals surface area contributed by atoms with Crippen LogP contribution in [0.2, 0.25) is 0 Å². The number of carbonyl (C=O) groups excluding carboxylic acids is 1. The molecule has 0 saturated heterocycles. The lowest BCUT2D eigenvalue weighted by Gasteiger charge is -2.29. The van der Waals surface area contributed by atoms with Gasteiger partial charge in [-0.25, -0.2) is 9.18 Å². The molecule has 1 atom stereocenters. The van der Waals surface area contributed by atoms with Crippen LogP contribution in [-0.2, 0) is 13.0 Å². The monoisotopic (exact) mass is 473 g/mol. The number of nitrogens with zero attached hydrogens (tertiary/aromatic N) is 4. The zero-order valence-corrected chi connectivity index (χ0v) is 20.5. The Morgan fingerprint density at radius 3 is 2.71 bits per heavy atom. The minimum atomic E-state index is -0.673. The summed E-state index contributed by atoms with van der Waals surface area (Å²) in [7, 11) is 3.84. The number of amides is 1. The topological polar surface area (TPSA) is 81.4 Å². The molecule has 1 saturated carbocycles. The molecule has 1 amide bonds. The van der Waals surface area contributed by atoms with Gasteiger partial charge in [0.15, 0.2) is 0 Å². The number of aryl methyl sites for hydroxylation is 1. The van der Waals surface area contributed by atoms with E-state index in [-0.39, 0.29) is 28.8 Å². The lowest BCUT2D eigenvalue weighted by Crippen LogP contribution is -2.33. The summed E-state index contributed by atoms with van der Waals surface area (Å²) in [5, 5.41) is 7.25. The fraction of sp³-hybridized carbons (Fsp3) is 0.640. The predicted octanol–water partition coefficient (Wildman–Crippen LogP) is 3.15. The fourth-order valence-corrected chi connectivity index (χ4v) is 4.92. The average Bonchev–Trinajstić information content (AvgIpc) is 3.16. The molecule has 1 N–H and O–H groups in total. The number of likely N-dealkylation sites (N-methyl/N-ethyl adjacent to an activating group) is 1. The number of benzene rings is 1. The van der Waals surface area contributed by atoms with E-state index in [0.717, 1.165) is 30.4 Å². The fourth-order valence-electron chi connectivity index (χ4n) is 4.92. The molecule has 0 bridgehead atoms. The highest BCUT2D eigenvalue weighted by Crippen LogP contribution is 2.32. The van der Waals surface area contributed by atoms with Crippen LogP contribution >= 0.6 is 0 Å². The molecule has 1 aromatic heterocycles. The number of hydrogen-bond donors (Lipinski definition) is 1. The first-order chi connectivity index (χ1) is 16.3. The summed E-state index contributed by atoms with van der Waals surface area (Å²) in [6.45, 7) is 3.69. The first kappa shape index (κ1) is 24.4. The van der Waals surface area contributed by atoms with Gasteiger partial charge in [0.1, 0.15) is 23.1 Å². The Kier molecular flexibility index (Phi) is 7.70. The largest absolute Gasteiger partial charge is 0.490 e. The SMILES string of the molecule is CC(Oc1cc(-n2nc3n(c2=O)CCCC3)c(F)cc1C(=O)NCCN(C)C)C1CCCCC1. The maximum absolute atomic E-state index is 15.3. The van der Waals surface area contributed by atoms with Gasteiger partial charge in [0, 0.05) is 32.1 Å². The van der Waals surface area contributed by atoms with Crippen LogP contribution in [0.3, 0.4) is 0 Å². The average molecular weight is 474 g/mol. The van der Waals surface area contributed by atoms with Crippen molar-refractivity contribution in [1.82, 2.24) is 24.6 Å². The molecule has 2 aromatic rings. The van der Waals surface area contributed by atoms with E-state index < -0.39 is 11.7 Å². The molecular formula is C25H36FN5O3. The zero-order valence-electron chi connectivity index (χ0n) is 20.5. The summed E-state index contributed by atoms with van der Waals surface area (Å²) >= 11 is 0. The smallest absolute Gasteiger partial charge is 0.350 e. The molecule has 0 radical (unpaired) electrons. The first-order valence-electron chi connectivity index (χ1n) is 12.5. The van der Waals surface area contributed by atoms with E-state index in [4.69, 9.17) is 4.74 Å². The van der Waals surface area contributed by atoms with Gasteiger partial charge in [-0.3, -0.25) is 9.36 Å². The van der Waals surface area contributed by atoms with Crippen molar-refractivity contribution in [2.45, 2.75) is 70.9 Å². The molecule has 4 rings (SSSR count). The minimum Gasteiger partial charge on any atom is -0.490 e. The van der Waals surface area contributed by atoms with Crippen molar-refractivity contribution in [2.24, 2.45) is 5.92 Å². The summed E-state index contributed by atoms with van der Waals surface area (Å²) in [6, 6.07) is 2.64. The number of rotatable bonds is 8. The van der Waals surface area contributed by atoms with E-state index in [0.29, 0.717) is 37.8 Å². The van der Waals surface area contributed by atoms with Crippen LogP contribution in [0.15, 0.2) is 16.9 Å². The molecule has 186 valence electrons. The summed E-state index contributed by atoms with van der Waals surface area (Å²) in [4.78, 5) is 27.9. The van der Waals surface area contributed by atoms with Gasteiger partial charge in [0.25, 0.3) is 5.91 Å². The lowest BCUT2D eigenvalue weighted by molar-refractivity contribution is 0.0929. The Morgan fingerprint density at radius 2 is 2.00 bits per heavy atom. The second-order valence-electron chi connectivity index (χ2n) is 9.80. The standard InChI is InChI=1S/C25H36FN5O3/c1-17(18-9-5-4-6-10-18)34-22-16-21(31-25(33)30-13-8-7-11-23(30)28-31)20(26)15-19(22)24(32)27-12-14-29(2)3/h15-18H,4-14H2,1-3H3,(H,27,32). The van der Waals surface area contributed by atoms with Crippen LogP contribution < -0.4 is 15.7 Å². The van der Waals surface area contributed by atoms with Crippen molar-refractivity contribution < 1.29 is 13.9 Å². The van der Waals surface area contributed by atoms with Gasteiger partial charge in [0.2, 0.25) is 0 Å². The Bertz CT molecular complexity index is 1070. The van der Waals surface area contributed by atoms with Gasteiger partial charge in [-0.1, -0.05) is 19.3 Å². The van der Waals surface area contributed by atoms with Crippen molar-refractivity contribution in [3.8, 4) is 11.4 Å². The third-order valence-electron chi connectivity index (χ3n) is 6.96. The number of hydrogen-bond acceptors (Lipinski definition) is 5. The van der Waals surface area contributed by atoms with Crippen molar-refractivity contribution in [3.63, 3.8) is 0 Å². The van der Waals surface area contributed by atoms with Crippen LogP contribution in [0.4, 0.5) is 4.39 Å². The van der Waals surface area contributed by atoms with Gasteiger partial charge >= 0.3 is 5.69 Å². The molecule has 2 heterocycles. The molecule has 1 fully saturated rings. The molecule has 0 spiro atoms. The van der Waals surface area contributed by atoms with Crippen LogP contribution in [0.1, 0.15) is 68.1 Å². The van der Waals surface area contributed by atoms with Gasteiger partial charge < -0.3 is 15.0 Å². The Hall–Kier alpha value is -2.68. The highest BCUT2D eigenvalue weighted by atomic mass is 19.1. The molecule has 1 aliphatic heterocycles. The predicted molar refractivity (Wildman–Crippen MR) is 128 cm³/mol. The zero-order chi connectivity index (χ0) is 24.2. The van der Waals surface area contributed by atoms with Gasteiger partial charge in [0.05, 0.1) is 11.7 Å². The van der Waals surface area contributed by atoms with E-state index in [2.05, 4.69) is 10.4 Å². The number of ether oxygens (including phenoxy) is 1. The van der Waals surface area contributed by atoms with Crippen LogP contribution in [-0.4, -0.2) is 58.4 Å². The molecule has 1 aliphatic carbocycles. The summed E-state index contributed by atoms with van der Waals surface area (Å²) in [5.74, 6) is 0.269. The molecule has 1 aromatic carbocycles. The molecule has 1 unspecified atom stereocenters. The van der Waals surface area contributed by atoms with Crippen molar-refractivity contribution in [1.29, 1.82) is 0 Å². The number of halogens is 1. The first-order valence-corrected chi connectivity index (χ1v) is 12.5. The maximum atomic E-state index is 15.3. The minimum absolute atomic E-state index is 0.0163. The highest BCUT2D eigenvalue weighted by Gasteiger charge is 2.26. The number of carbonyl (C=O) groups is 1. The summed E-state index contributed by atoms with van der Waals surface area (Å²) < 4.78 is 24.3. The summed E-state index contributed by atoms with van der Waals surface area (Å²) in [5.41, 5.74) is -0.203. The van der Waals surface area contributed by atoms with E-state index in [1.165, 1.54) is 31.4 Å². The van der Waals surface area contributed by atoms with Gasteiger partial charge in [-0.15, -0.1) is 5.10 Å². The summed E-state index contributed by atoms with van der Waals surface area (Å²) in [6.07, 6.45) is 8.15. The van der Waals surface area contributed by atoms with Gasteiger partial charge in [-0.05, 0) is 58.7 Å². The number of aromatic nitrogens is 3. The molecule has 34 heavy (non-hydrogen) atoms. The number of nitrogens with one attached hydrogen (secondary N) is 1. The quantitative estimate of drug-likeness (QED) is 0.637. The third kappa shape index (κ3) is 5.35. The number of fused-ring (bicyclic) bond motifs is 1. The highest BCUT2D eigenvalue weighted by molar-refractivity contribution is 5.97. The Labute approximate surface area is 200 Å². The van der Waals surface area contributed by atoms with Crippen LogP contribution in [0.5, 0.6) is 5.75 Å². The molecular weight excluding hydrogens is 437 g/mol.